The summed E-state index contributed by atoms with van der Waals surface area (Å²) in [7, 11) is 0. The molecule has 0 aliphatic carbocycles. The summed E-state index contributed by atoms with van der Waals surface area (Å²) in [5.41, 5.74) is 0.824. The van der Waals surface area contributed by atoms with Crippen LogP contribution in [0.5, 0.6) is 5.75 Å². The molecule has 6 nitrogen and oxygen atoms in total. The number of halogens is 1. The zero-order valence-electron chi connectivity index (χ0n) is 12.5. The van der Waals surface area contributed by atoms with E-state index in [4.69, 9.17) is 25.6 Å². The van der Waals surface area contributed by atoms with Gasteiger partial charge < -0.3 is 14.0 Å². The third kappa shape index (κ3) is 4.33. The monoisotopic (exact) mass is 344 g/mol. The minimum atomic E-state index is -0.538. The lowest BCUT2D eigenvalue weighted by atomic mass is 10.2. The van der Waals surface area contributed by atoms with E-state index in [1.165, 1.54) is 0 Å². The van der Waals surface area contributed by atoms with Crippen molar-refractivity contribution in [2.45, 2.75) is 6.61 Å². The topological polar surface area (TPSA) is 74.5 Å². The molecule has 1 aromatic heterocycles. The Hall–Kier alpha value is -2.86. The highest BCUT2D eigenvalue weighted by Crippen LogP contribution is 2.16. The second kappa shape index (κ2) is 7.61. The van der Waals surface area contributed by atoms with Gasteiger partial charge >= 0.3 is 5.97 Å². The summed E-state index contributed by atoms with van der Waals surface area (Å²) in [6, 6.07) is 16.0. The molecule has 24 heavy (non-hydrogen) atoms. The van der Waals surface area contributed by atoms with Gasteiger partial charge in [-0.05, 0) is 24.3 Å². The fourth-order valence-electron chi connectivity index (χ4n) is 1.87. The first kappa shape index (κ1) is 16.0. The Morgan fingerprint density at radius 1 is 1.08 bits per heavy atom. The molecule has 0 unspecified atom stereocenters. The lowest BCUT2D eigenvalue weighted by Gasteiger charge is -2.05. The fourth-order valence-corrected chi connectivity index (χ4v) is 2.00. The zero-order valence-corrected chi connectivity index (χ0v) is 13.3. The van der Waals surface area contributed by atoms with Crippen molar-refractivity contribution in [1.29, 1.82) is 0 Å². The van der Waals surface area contributed by atoms with E-state index in [-0.39, 0.29) is 19.1 Å². The number of hydrogen-bond donors (Lipinski definition) is 0. The second-order valence-electron chi connectivity index (χ2n) is 4.78. The number of esters is 1. The molecule has 0 N–H and O–H groups in total. The highest BCUT2D eigenvalue weighted by atomic mass is 35.5. The van der Waals surface area contributed by atoms with Crippen molar-refractivity contribution in [2.75, 3.05) is 6.61 Å². The van der Waals surface area contributed by atoms with Gasteiger partial charge in [-0.1, -0.05) is 47.1 Å². The Bertz CT molecular complexity index is 803. The molecule has 7 heteroatoms. The molecule has 0 aliphatic rings. The van der Waals surface area contributed by atoms with Crippen LogP contribution in [-0.2, 0) is 16.1 Å². The maximum Gasteiger partial charge on any atom is 0.344 e. The summed E-state index contributed by atoms with van der Waals surface area (Å²) < 4.78 is 15.4. The minimum Gasteiger partial charge on any atom is -0.482 e. The van der Waals surface area contributed by atoms with Gasteiger partial charge in [-0.3, -0.25) is 0 Å². The van der Waals surface area contributed by atoms with Gasteiger partial charge in [0.2, 0.25) is 5.82 Å². The number of carbonyl (C=O) groups excluding carboxylic acids is 1. The standard InChI is InChI=1S/C17H13ClN2O4/c18-13-6-8-14(9-7-13)22-11-16(21)23-10-15-19-17(20-24-15)12-4-2-1-3-5-12/h1-9H,10-11H2. The number of aromatic nitrogens is 2. The SMILES string of the molecule is O=C(COc1ccc(Cl)cc1)OCc1nc(-c2ccccc2)no1. The highest BCUT2D eigenvalue weighted by molar-refractivity contribution is 6.30. The normalized spacial score (nSPS) is 10.4. The van der Waals surface area contributed by atoms with E-state index in [0.29, 0.717) is 16.6 Å². The predicted octanol–water partition coefficient (Wildman–Crippen LogP) is 3.51. The molecule has 0 fully saturated rings. The Labute approximate surface area is 143 Å². The molecule has 122 valence electrons. The van der Waals surface area contributed by atoms with Gasteiger partial charge in [-0.2, -0.15) is 4.98 Å². The Morgan fingerprint density at radius 3 is 2.58 bits per heavy atom. The molecule has 2 aromatic carbocycles. The molecule has 0 spiro atoms. The van der Waals surface area contributed by atoms with E-state index in [1.807, 2.05) is 30.3 Å². The third-order valence-electron chi connectivity index (χ3n) is 3.03. The van der Waals surface area contributed by atoms with Crippen molar-refractivity contribution in [1.82, 2.24) is 10.1 Å². The maximum absolute atomic E-state index is 11.7. The van der Waals surface area contributed by atoms with Crippen LogP contribution >= 0.6 is 11.6 Å². The van der Waals surface area contributed by atoms with Crippen LogP contribution in [0.15, 0.2) is 59.1 Å². The van der Waals surface area contributed by atoms with Crippen LogP contribution in [0.25, 0.3) is 11.4 Å². The maximum atomic E-state index is 11.7. The van der Waals surface area contributed by atoms with Crippen LogP contribution in [0, 0.1) is 0 Å². The molecule has 0 atom stereocenters. The number of hydrogen-bond acceptors (Lipinski definition) is 6. The summed E-state index contributed by atoms with van der Waals surface area (Å²) in [5.74, 6) is 0.651. The van der Waals surface area contributed by atoms with Crippen LogP contribution in [0.3, 0.4) is 0 Å². The van der Waals surface area contributed by atoms with Crippen molar-refractivity contribution in [3.05, 3.63) is 65.5 Å². The van der Waals surface area contributed by atoms with Crippen LogP contribution in [0.2, 0.25) is 5.02 Å². The number of nitrogens with zero attached hydrogens (tertiary/aromatic N) is 2. The minimum absolute atomic E-state index is 0.108. The molecule has 0 saturated heterocycles. The third-order valence-corrected chi connectivity index (χ3v) is 3.28. The van der Waals surface area contributed by atoms with Crippen molar-refractivity contribution in [2.24, 2.45) is 0 Å². The smallest absolute Gasteiger partial charge is 0.344 e. The molecule has 0 bridgehead atoms. The Morgan fingerprint density at radius 2 is 1.83 bits per heavy atom. The van der Waals surface area contributed by atoms with Gasteiger partial charge in [0, 0.05) is 10.6 Å². The molecule has 0 aliphatic heterocycles. The van der Waals surface area contributed by atoms with Gasteiger partial charge in [0.05, 0.1) is 0 Å². The first-order valence-electron chi connectivity index (χ1n) is 7.13. The van der Waals surface area contributed by atoms with E-state index in [2.05, 4.69) is 10.1 Å². The van der Waals surface area contributed by atoms with Crippen LogP contribution in [0.1, 0.15) is 5.89 Å². The van der Waals surface area contributed by atoms with Crippen LogP contribution < -0.4 is 4.74 Å². The Kier molecular flexibility index (Phi) is 5.08. The molecule has 0 amide bonds. The first-order chi connectivity index (χ1) is 11.7. The number of ether oxygens (including phenoxy) is 2. The van der Waals surface area contributed by atoms with E-state index >= 15 is 0 Å². The van der Waals surface area contributed by atoms with E-state index in [9.17, 15) is 4.79 Å². The van der Waals surface area contributed by atoms with Crippen molar-refractivity contribution in [3.63, 3.8) is 0 Å². The quantitative estimate of drug-likeness (QED) is 0.637. The molecule has 0 radical (unpaired) electrons. The Balaban J connectivity index is 1.48. The summed E-state index contributed by atoms with van der Waals surface area (Å²) in [4.78, 5) is 15.8. The lowest BCUT2D eigenvalue weighted by Crippen LogP contribution is -2.14. The van der Waals surface area contributed by atoms with E-state index < -0.39 is 5.97 Å². The van der Waals surface area contributed by atoms with Gasteiger partial charge in [-0.25, -0.2) is 4.79 Å². The van der Waals surface area contributed by atoms with E-state index in [0.717, 1.165) is 5.56 Å². The average molecular weight is 345 g/mol. The highest BCUT2D eigenvalue weighted by Gasteiger charge is 2.11. The van der Waals surface area contributed by atoms with Gasteiger partial charge in [0.15, 0.2) is 13.2 Å². The fraction of sp³-hybridized carbons (Fsp3) is 0.118. The molecule has 0 saturated carbocycles. The number of rotatable bonds is 6. The zero-order chi connectivity index (χ0) is 16.8. The average Bonchev–Trinajstić information content (AvgIpc) is 3.09. The summed E-state index contributed by atoms with van der Waals surface area (Å²) in [5, 5.41) is 4.44. The summed E-state index contributed by atoms with van der Waals surface area (Å²) in [6.45, 7) is -0.329. The summed E-state index contributed by atoms with van der Waals surface area (Å²) in [6.07, 6.45) is 0. The van der Waals surface area contributed by atoms with Crippen LogP contribution in [0.4, 0.5) is 0 Å². The van der Waals surface area contributed by atoms with Gasteiger partial charge in [0.1, 0.15) is 5.75 Å². The molecule has 3 aromatic rings. The van der Waals surface area contributed by atoms with Crippen molar-refractivity contribution < 1.29 is 18.8 Å². The van der Waals surface area contributed by atoms with Crippen molar-refractivity contribution >= 4 is 17.6 Å². The van der Waals surface area contributed by atoms with Crippen LogP contribution in [-0.4, -0.2) is 22.7 Å². The second-order valence-corrected chi connectivity index (χ2v) is 5.22. The van der Waals surface area contributed by atoms with Gasteiger partial charge in [-0.15, -0.1) is 0 Å². The largest absolute Gasteiger partial charge is 0.482 e. The number of carbonyl (C=O) groups is 1. The lowest BCUT2D eigenvalue weighted by molar-refractivity contribution is -0.148. The molecule has 1 heterocycles. The predicted molar refractivity (Wildman–Crippen MR) is 86.5 cm³/mol. The molecular formula is C17H13ClN2O4. The number of benzene rings is 2. The van der Waals surface area contributed by atoms with E-state index in [1.54, 1.807) is 24.3 Å². The summed E-state index contributed by atoms with van der Waals surface area (Å²) >= 11 is 5.77. The van der Waals surface area contributed by atoms with Crippen molar-refractivity contribution in [3.8, 4) is 17.1 Å². The van der Waals surface area contributed by atoms with Gasteiger partial charge in [0.25, 0.3) is 5.89 Å². The first-order valence-corrected chi connectivity index (χ1v) is 7.50. The molecule has 3 rings (SSSR count). The molecular weight excluding hydrogens is 332 g/mol.